The SMILES string of the molecule is CCCC=CC1C(=O)C=CC1CCCCCCCC(=O)O. The molecule has 0 saturated carbocycles. The third-order valence-electron chi connectivity index (χ3n) is 4.02. The molecule has 0 aliphatic heterocycles. The number of aliphatic carboxylic acids is 1. The van der Waals surface area contributed by atoms with Gasteiger partial charge in [0.1, 0.15) is 0 Å². The highest BCUT2D eigenvalue weighted by Crippen LogP contribution is 2.29. The Morgan fingerprint density at radius 2 is 1.95 bits per heavy atom. The molecular weight excluding hydrogens is 264 g/mol. The molecule has 3 heteroatoms. The van der Waals surface area contributed by atoms with Crippen LogP contribution in [-0.2, 0) is 9.59 Å². The fourth-order valence-electron chi connectivity index (χ4n) is 2.77. The number of carbonyl (C=O) groups is 2. The molecule has 2 atom stereocenters. The maximum Gasteiger partial charge on any atom is 0.303 e. The van der Waals surface area contributed by atoms with Gasteiger partial charge in [0.15, 0.2) is 5.78 Å². The van der Waals surface area contributed by atoms with E-state index in [0.29, 0.717) is 5.92 Å². The predicted octanol–water partition coefficient (Wildman–Crippen LogP) is 4.53. The normalized spacial score (nSPS) is 21.5. The van der Waals surface area contributed by atoms with Crippen LogP contribution >= 0.6 is 0 Å². The van der Waals surface area contributed by atoms with Gasteiger partial charge in [0, 0.05) is 12.3 Å². The summed E-state index contributed by atoms with van der Waals surface area (Å²) in [4.78, 5) is 22.2. The molecule has 0 heterocycles. The summed E-state index contributed by atoms with van der Waals surface area (Å²) in [6, 6.07) is 0. The van der Waals surface area contributed by atoms with E-state index in [2.05, 4.69) is 25.2 Å². The van der Waals surface area contributed by atoms with Crippen molar-refractivity contribution in [3.63, 3.8) is 0 Å². The van der Waals surface area contributed by atoms with E-state index in [-0.39, 0.29) is 18.1 Å². The second kappa shape index (κ2) is 10.4. The third kappa shape index (κ3) is 7.26. The molecule has 1 rings (SSSR count). The maximum absolute atomic E-state index is 11.8. The van der Waals surface area contributed by atoms with Crippen molar-refractivity contribution in [2.45, 2.75) is 64.7 Å². The number of carbonyl (C=O) groups excluding carboxylic acids is 1. The molecule has 2 unspecified atom stereocenters. The highest BCUT2D eigenvalue weighted by Gasteiger charge is 2.26. The van der Waals surface area contributed by atoms with E-state index in [9.17, 15) is 9.59 Å². The Balaban J connectivity index is 2.16. The van der Waals surface area contributed by atoms with Crippen LogP contribution in [0.25, 0.3) is 0 Å². The van der Waals surface area contributed by atoms with E-state index in [4.69, 9.17) is 5.11 Å². The van der Waals surface area contributed by atoms with Gasteiger partial charge < -0.3 is 5.11 Å². The van der Waals surface area contributed by atoms with Gasteiger partial charge in [0.25, 0.3) is 0 Å². The molecule has 0 radical (unpaired) electrons. The molecule has 0 aromatic heterocycles. The molecule has 1 N–H and O–H groups in total. The first-order valence-corrected chi connectivity index (χ1v) is 8.25. The smallest absolute Gasteiger partial charge is 0.303 e. The first-order valence-electron chi connectivity index (χ1n) is 8.25. The number of rotatable bonds is 11. The monoisotopic (exact) mass is 292 g/mol. The van der Waals surface area contributed by atoms with Crippen LogP contribution in [0.15, 0.2) is 24.3 Å². The van der Waals surface area contributed by atoms with Crippen molar-refractivity contribution in [3.05, 3.63) is 24.3 Å². The number of hydrogen-bond acceptors (Lipinski definition) is 2. The summed E-state index contributed by atoms with van der Waals surface area (Å²) >= 11 is 0. The zero-order chi connectivity index (χ0) is 15.5. The Morgan fingerprint density at radius 1 is 1.24 bits per heavy atom. The number of unbranched alkanes of at least 4 members (excludes halogenated alkanes) is 5. The van der Waals surface area contributed by atoms with E-state index in [1.54, 1.807) is 6.08 Å². The van der Waals surface area contributed by atoms with Crippen LogP contribution in [0.2, 0.25) is 0 Å². The molecule has 3 nitrogen and oxygen atoms in total. The molecule has 21 heavy (non-hydrogen) atoms. The fraction of sp³-hybridized carbons (Fsp3) is 0.667. The van der Waals surface area contributed by atoms with Gasteiger partial charge in [-0.15, -0.1) is 0 Å². The molecule has 0 aromatic carbocycles. The van der Waals surface area contributed by atoms with E-state index in [1.165, 1.54) is 0 Å². The lowest BCUT2D eigenvalue weighted by Crippen LogP contribution is -2.13. The second-order valence-corrected chi connectivity index (χ2v) is 5.87. The minimum absolute atomic E-state index is 0.0589. The molecule has 0 saturated heterocycles. The van der Waals surface area contributed by atoms with E-state index in [0.717, 1.165) is 51.4 Å². The quantitative estimate of drug-likeness (QED) is 0.449. The topological polar surface area (TPSA) is 54.4 Å². The lowest BCUT2D eigenvalue weighted by Gasteiger charge is -2.14. The highest BCUT2D eigenvalue weighted by molar-refractivity contribution is 5.95. The number of ketones is 1. The number of hydrogen-bond donors (Lipinski definition) is 1. The van der Waals surface area contributed by atoms with Crippen molar-refractivity contribution in [1.82, 2.24) is 0 Å². The molecular formula is C18H28O3. The van der Waals surface area contributed by atoms with Crippen LogP contribution < -0.4 is 0 Å². The summed E-state index contributed by atoms with van der Waals surface area (Å²) in [7, 11) is 0. The molecule has 0 aromatic rings. The summed E-state index contributed by atoms with van der Waals surface area (Å²) in [6.07, 6.45) is 16.6. The summed E-state index contributed by atoms with van der Waals surface area (Å²) < 4.78 is 0. The van der Waals surface area contributed by atoms with E-state index >= 15 is 0 Å². The van der Waals surface area contributed by atoms with Crippen molar-refractivity contribution in [2.75, 3.05) is 0 Å². The maximum atomic E-state index is 11.8. The number of carboxylic acid groups (broad SMARTS) is 1. The largest absolute Gasteiger partial charge is 0.481 e. The molecule has 1 aliphatic rings. The minimum atomic E-state index is -0.702. The summed E-state index contributed by atoms with van der Waals surface area (Å²) in [5, 5.41) is 8.56. The summed E-state index contributed by atoms with van der Waals surface area (Å²) in [5.41, 5.74) is 0. The van der Waals surface area contributed by atoms with Gasteiger partial charge in [-0.3, -0.25) is 9.59 Å². The lowest BCUT2D eigenvalue weighted by molar-refractivity contribution is -0.137. The second-order valence-electron chi connectivity index (χ2n) is 5.87. The van der Waals surface area contributed by atoms with Crippen LogP contribution in [-0.4, -0.2) is 16.9 Å². The van der Waals surface area contributed by atoms with E-state index in [1.807, 2.05) is 0 Å². The molecule has 1 aliphatic carbocycles. The zero-order valence-corrected chi connectivity index (χ0v) is 13.1. The van der Waals surface area contributed by atoms with Gasteiger partial charge >= 0.3 is 5.97 Å². The Labute approximate surface area is 128 Å². The van der Waals surface area contributed by atoms with Crippen LogP contribution in [0.4, 0.5) is 0 Å². The van der Waals surface area contributed by atoms with Gasteiger partial charge in [0.2, 0.25) is 0 Å². The van der Waals surface area contributed by atoms with Gasteiger partial charge in [0.05, 0.1) is 0 Å². The van der Waals surface area contributed by atoms with Crippen molar-refractivity contribution in [2.24, 2.45) is 11.8 Å². The Morgan fingerprint density at radius 3 is 2.67 bits per heavy atom. The molecule has 118 valence electrons. The zero-order valence-electron chi connectivity index (χ0n) is 13.1. The fourth-order valence-corrected chi connectivity index (χ4v) is 2.77. The van der Waals surface area contributed by atoms with Crippen molar-refractivity contribution >= 4 is 11.8 Å². The Bertz CT molecular complexity index is 382. The average Bonchev–Trinajstić information content (AvgIpc) is 2.79. The molecule has 0 spiro atoms. The van der Waals surface area contributed by atoms with Crippen LogP contribution in [0.1, 0.15) is 64.7 Å². The number of allylic oxidation sites excluding steroid dienone is 4. The first kappa shape index (κ1) is 17.7. The van der Waals surface area contributed by atoms with Gasteiger partial charge in [-0.1, -0.05) is 57.3 Å². The van der Waals surface area contributed by atoms with Gasteiger partial charge in [-0.05, 0) is 31.3 Å². The lowest BCUT2D eigenvalue weighted by atomic mass is 9.89. The standard InChI is InChI=1S/C18H28O3/c1-2-3-7-11-16-15(13-14-17(16)19)10-8-5-4-6-9-12-18(20)21/h7,11,13-16H,2-6,8-10,12H2,1H3,(H,20,21). The average molecular weight is 292 g/mol. The number of carboxylic acids is 1. The van der Waals surface area contributed by atoms with Crippen molar-refractivity contribution < 1.29 is 14.7 Å². The van der Waals surface area contributed by atoms with Crippen molar-refractivity contribution in [3.8, 4) is 0 Å². The summed E-state index contributed by atoms with van der Waals surface area (Å²) in [6.45, 7) is 2.14. The Kier molecular flexibility index (Phi) is 8.72. The highest BCUT2D eigenvalue weighted by atomic mass is 16.4. The van der Waals surface area contributed by atoms with Gasteiger partial charge in [-0.2, -0.15) is 0 Å². The Hall–Kier alpha value is -1.38. The predicted molar refractivity (Wildman–Crippen MR) is 85.1 cm³/mol. The molecule has 0 fully saturated rings. The molecule has 0 amide bonds. The van der Waals surface area contributed by atoms with Crippen LogP contribution in [0.5, 0.6) is 0 Å². The first-order chi connectivity index (χ1) is 10.1. The summed E-state index contributed by atoms with van der Waals surface area (Å²) in [5.74, 6) is -0.0340. The van der Waals surface area contributed by atoms with Crippen LogP contribution in [0.3, 0.4) is 0 Å². The molecule has 0 bridgehead atoms. The third-order valence-corrected chi connectivity index (χ3v) is 4.02. The van der Waals surface area contributed by atoms with Gasteiger partial charge in [-0.25, -0.2) is 0 Å². The van der Waals surface area contributed by atoms with E-state index < -0.39 is 5.97 Å². The van der Waals surface area contributed by atoms with Crippen molar-refractivity contribution in [1.29, 1.82) is 0 Å². The van der Waals surface area contributed by atoms with Crippen LogP contribution in [0, 0.1) is 11.8 Å². The minimum Gasteiger partial charge on any atom is -0.481 e.